The van der Waals surface area contributed by atoms with Crippen molar-refractivity contribution < 1.29 is 9.53 Å². The molecule has 0 amide bonds. The van der Waals surface area contributed by atoms with E-state index in [9.17, 15) is 4.79 Å². The Hall–Kier alpha value is -3.45. The van der Waals surface area contributed by atoms with Crippen LogP contribution in [0.2, 0.25) is 0 Å². The van der Waals surface area contributed by atoms with E-state index in [-0.39, 0.29) is 11.7 Å². The van der Waals surface area contributed by atoms with E-state index in [1.807, 2.05) is 62.4 Å². The van der Waals surface area contributed by atoms with Crippen molar-refractivity contribution in [2.24, 2.45) is 0 Å². The highest BCUT2D eigenvalue weighted by Gasteiger charge is 2.17. The number of ether oxygens (including phenoxy) is 1. The van der Waals surface area contributed by atoms with Gasteiger partial charge in [-0.2, -0.15) is 0 Å². The van der Waals surface area contributed by atoms with Crippen molar-refractivity contribution in [3.8, 4) is 17.6 Å². The van der Waals surface area contributed by atoms with Gasteiger partial charge in [-0.15, -0.1) is 0 Å². The van der Waals surface area contributed by atoms with E-state index >= 15 is 0 Å². The average Bonchev–Trinajstić information content (AvgIpc) is 2.73. The van der Waals surface area contributed by atoms with Gasteiger partial charge in [-0.3, -0.25) is 4.79 Å². The van der Waals surface area contributed by atoms with Gasteiger partial charge in [-0.1, -0.05) is 30.9 Å². The minimum Gasteiger partial charge on any atom is -0.494 e. The molecule has 0 aliphatic carbocycles. The molecule has 1 aromatic heterocycles. The predicted octanol–water partition coefficient (Wildman–Crippen LogP) is 4.26. The molecule has 4 nitrogen and oxygen atoms in total. The molecular formula is C23H20N2O2. The molecule has 0 aliphatic rings. The molecule has 0 saturated heterocycles. The highest BCUT2D eigenvalue weighted by molar-refractivity contribution is 6.00. The molecule has 1 atom stereocenters. The maximum absolute atomic E-state index is 12.5. The van der Waals surface area contributed by atoms with Crippen LogP contribution in [0.5, 0.6) is 5.75 Å². The SMILES string of the molecule is CCOc1ccc(C#Cc2ccc(C(C)C(=O)c3cncnc3)cc2)cc1. The summed E-state index contributed by atoms with van der Waals surface area (Å²) in [5, 5.41) is 0. The normalized spacial score (nSPS) is 11.2. The second-order valence-corrected chi connectivity index (χ2v) is 6.04. The highest BCUT2D eigenvalue weighted by atomic mass is 16.5. The first-order valence-corrected chi connectivity index (χ1v) is 8.81. The van der Waals surface area contributed by atoms with Crippen molar-refractivity contribution in [1.29, 1.82) is 0 Å². The molecule has 1 unspecified atom stereocenters. The standard InChI is InChI=1S/C23H20N2O2/c1-3-27-22-12-8-19(9-13-22)5-4-18-6-10-20(11-7-18)17(2)23(26)21-14-24-16-25-15-21/h6-17H,3H2,1-2H3. The van der Waals surface area contributed by atoms with E-state index in [4.69, 9.17) is 4.74 Å². The van der Waals surface area contributed by atoms with Crippen molar-refractivity contribution in [2.45, 2.75) is 19.8 Å². The summed E-state index contributed by atoms with van der Waals surface area (Å²) in [4.78, 5) is 20.3. The van der Waals surface area contributed by atoms with Crippen molar-refractivity contribution in [3.63, 3.8) is 0 Å². The number of aromatic nitrogens is 2. The van der Waals surface area contributed by atoms with Crippen LogP contribution >= 0.6 is 0 Å². The largest absolute Gasteiger partial charge is 0.494 e. The summed E-state index contributed by atoms with van der Waals surface area (Å²) in [6.45, 7) is 4.49. The van der Waals surface area contributed by atoms with Crippen LogP contribution in [-0.4, -0.2) is 22.4 Å². The van der Waals surface area contributed by atoms with Crippen LogP contribution in [0.3, 0.4) is 0 Å². The van der Waals surface area contributed by atoms with Gasteiger partial charge in [-0.25, -0.2) is 9.97 Å². The molecule has 0 bridgehead atoms. The van der Waals surface area contributed by atoms with Crippen molar-refractivity contribution in [3.05, 3.63) is 89.5 Å². The third-order valence-corrected chi connectivity index (χ3v) is 4.17. The van der Waals surface area contributed by atoms with Crippen LogP contribution in [0.1, 0.15) is 46.8 Å². The number of carbonyl (C=O) groups is 1. The first-order chi connectivity index (χ1) is 13.2. The average molecular weight is 356 g/mol. The number of carbonyl (C=O) groups excluding carboxylic acids is 1. The van der Waals surface area contributed by atoms with Crippen LogP contribution in [0.4, 0.5) is 0 Å². The summed E-state index contributed by atoms with van der Waals surface area (Å²) in [5.41, 5.74) is 3.28. The Morgan fingerprint density at radius 1 is 0.963 bits per heavy atom. The molecule has 4 heteroatoms. The third kappa shape index (κ3) is 4.80. The van der Waals surface area contributed by atoms with Gasteiger partial charge in [-0.05, 0) is 48.9 Å². The lowest BCUT2D eigenvalue weighted by molar-refractivity contribution is 0.0965. The quantitative estimate of drug-likeness (QED) is 0.506. The fraction of sp³-hybridized carbons (Fsp3) is 0.174. The molecule has 0 aliphatic heterocycles. The van der Waals surface area contributed by atoms with Gasteiger partial charge < -0.3 is 4.74 Å². The zero-order chi connectivity index (χ0) is 19.1. The highest BCUT2D eigenvalue weighted by Crippen LogP contribution is 2.20. The molecule has 27 heavy (non-hydrogen) atoms. The Morgan fingerprint density at radius 2 is 1.52 bits per heavy atom. The monoisotopic (exact) mass is 356 g/mol. The van der Waals surface area contributed by atoms with Crippen LogP contribution < -0.4 is 4.74 Å². The lowest BCUT2D eigenvalue weighted by Gasteiger charge is -2.10. The van der Waals surface area contributed by atoms with Crippen molar-refractivity contribution >= 4 is 5.78 Å². The van der Waals surface area contributed by atoms with Gasteiger partial charge in [0.2, 0.25) is 0 Å². The van der Waals surface area contributed by atoms with Gasteiger partial charge in [0.1, 0.15) is 12.1 Å². The Balaban J connectivity index is 1.69. The van der Waals surface area contributed by atoms with Crippen LogP contribution in [0.25, 0.3) is 0 Å². The Bertz CT molecular complexity index is 953. The maximum Gasteiger partial charge on any atom is 0.173 e. The van der Waals surface area contributed by atoms with Crippen molar-refractivity contribution in [1.82, 2.24) is 9.97 Å². The number of hydrogen-bond acceptors (Lipinski definition) is 4. The van der Waals surface area contributed by atoms with Gasteiger partial charge in [0, 0.05) is 29.4 Å². The minimum atomic E-state index is -0.260. The van der Waals surface area contributed by atoms with Crippen LogP contribution in [-0.2, 0) is 0 Å². The summed E-state index contributed by atoms with van der Waals surface area (Å²) < 4.78 is 5.43. The van der Waals surface area contributed by atoms with Crippen LogP contribution in [0, 0.1) is 11.8 Å². The molecule has 2 aromatic carbocycles. The van der Waals surface area contributed by atoms with E-state index in [1.54, 1.807) is 12.4 Å². The summed E-state index contributed by atoms with van der Waals surface area (Å²) in [5.74, 6) is 6.87. The van der Waals surface area contributed by atoms with Gasteiger partial charge in [0.05, 0.1) is 12.2 Å². The summed E-state index contributed by atoms with van der Waals surface area (Å²) >= 11 is 0. The van der Waals surface area contributed by atoms with Crippen molar-refractivity contribution in [2.75, 3.05) is 6.61 Å². The molecule has 0 radical (unpaired) electrons. The van der Waals surface area contributed by atoms with E-state index in [1.165, 1.54) is 6.33 Å². The first kappa shape index (κ1) is 18.3. The molecule has 0 spiro atoms. The number of benzene rings is 2. The fourth-order valence-corrected chi connectivity index (χ4v) is 2.63. The number of nitrogens with zero attached hydrogens (tertiary/aromatic N) is 2. The lowest BCUT2D eigenvalue weighted by atomic mass is 9.93. The van der Waals surface area contributed by atoms with Gasteiger partial charge in [0.15, 0.2) is 5.78 Å². The number of rotatable bonds is 5. The molecular weight excluding hydrogens is 336 g/mol. The zero-order valence-electron chi connectivity index (χ0n) is 15.3. The topological polar surface area (TPSA) is 52.1 Å². The molecule has 0 saturated carbocycles. The number of ketones is 1. The summed E-state index contributed by atoms with van der Waals surface area (Å²) in [7, 11) is 0. The molecule has 0 N–H and O–H groups in total. The summed E-state index contributed by atoms with van der Waals surface area (Å²) in [6.07, 6.45) is 4.50. The predicted molar refractivity (Wildman–Crippen MR) is 105 cm³/mol. The van der Waals surface area contributed by atoms with Gasteiger partial charge in [0.25, 0.3) is 0 Å². The van der Waals surface area contributed by atoms with E-state index in [0.29, 0.717) is 12.2 Å². The van der Waals surface area contributed by atoms with E-state index in [0.717, 1.165) is 22.4 Å². The van der Waals surface area contributed by atoms with Gasteiger partial charge >= 0.3 is 0 Å². The molecule has 1 heterocycles. The zero-order valence-corrected chi connectivity index (χ0v) is 15.3. The Labute approximate surface area is 159 Å². The fourth-order valence-electron chi connectivity index (χ4n) is 2.63. The second-order valence-electron chi connectivity index (χ2n) is 6.04. The second kappa shape index (κ2) is 8.77. The maximum atomic E-state index is 12.5. The molecule has 0 fully saturated rings. The molecule has 134 valence electrons. The third-order valence-electron chi connectivity index (χ3n) is 4.17. The Morgan fingerprint density at radius 3 is 2.07 bits per heavy atom. The summed E-state index contributed by atoms with van der Waals surface area (Å²) in [6, 6.07) is 15.5. The molecule has 3 aromatic rings. The molecule has 3 rings (SSSR count). The number of hydrogen-bond donors (Lipinski definition) is 0. The van der Waals surface area contributed by atoms with Crippen LogP contribution in [0.15, 0.2) is 67.3 Å². The van der Waals surface area contributed by atoms with E-state index < -0.39 is 0 Å². The number of Topliss-reactive ketones (excluding diaryl/α,β-unsaturated/α-hetero) is 1. The smallest absolute Gasteiger partial charge is 0.173 e. The lowest BCUT2D eigenvalue weighted by Crippen LogP contribution is -2.10. The Kier molecular flexibility index (Phi) is 5.96. The van der Waals surface area contributed by atoms with E-state index in [2.05, 4.69) is 21.8 Å². The minimum absolute atomic E-state index is 0.00354. The first-order valence-electron chi connectivity index (χ1n) is 8.81.